The Balaban J connectivity index is 2.91. The molecule has 0 atom stereocenters. The normalized spacial score (nSPS) is 11.3. The molecule has 0 saturated heterocycles. The minimum atomic E-state index is -2.94. The smallest absolute Gasteiger partial charge is 0.323 e. The Morgan fingerprint density at radius 1 is 1.11 bits per heavy atom. The van der Waals surface area contributed by atoms with E-state index < -0.39 is 26.1 Å². The van der Waals surface area contributed by atoms with Gasteiger partial charge in [-0.15, -0.1) is 0 Å². The van der Waals surface area contributed by atoms with Crippen LogP contribution in [0.3, 0.4) is 0 Å². The Labute approximate surface area is 49.6 Å². The summed E-state index contributed by atoms with van der Waals surface area (Å²) in [5.74, 6) is 0. The van der Waals surface area contributed by atoms with E-state index in [9.17, 15) is 17.6 Å². The number of halogens is 4. The van der Waals surface area contributed by atoms with Crippen molar-refractivity contribution in [1.82, 2.24) is 0 Å². The van der Waals surface area contributed by atoms with Gasteiger partial charge in [0.2, 0.25) is 6.43 Å². The van der Waals surface area contributed by atoms with Gasteiger partial charge in [-0.3, -0.25) is 0 Å². The van der Waals surface area contributed by atoms with Crippen molar-refractivity contribution in [2.45, 2.75) is 19.5 Å². The summed E-state index contributed by atoms with van der Waals surface area (Å²) in [6.07, 6.45) is -3.20. The average molecular weight is 146 g/mol. The van der Waals surface area contributed by atoms with E-state index in [1.807, 2.05) is 0 Å². The molecule has 1 nitrogen and oxygen atoms in total. The second-order valence-corrected chi connectivity index (χ2v) is 1.31. The van der Waals surface area contributed by atoms with Gasteiger partial charge in [0.15, 0.2) is 0 Å². The first-order chi connectivity index (χ1) is 4.13. The number of hydrogen-bond acceptors (Lipinski definition) is 1. The van der Waals surface area contributed by atoms with Gasteiger partial charge in [0, 0.05) is 6.42 Å². The summed E-state index contributed by atoms with van der Waals surface area (Å²) in [6, 6.07) is 0. The topological polar surface area (TPSA) is 9.23 Å². The molecule has 0 aliphatic carbocycles. The predicted molar refractivity (Wildman–Crippen MR) is 22.6 cm³/mol. The minimum absolute atomic E-state index is 0.588. The molecule has 0 aromatic carbocycles. The Bertz CT molecular complexity index is 57.6. The molecule has 0 aliphatic rings. The first-order valence-corrected chi connectivity index (χ1v) is 2.31. The lowest BCUT2D eigenvalue weighted by Crippen LogP contribution is -2.04. The fourth-order valence-corrected chi connectivity index (χ4v) is 0.246. The number of rotatable bonds is 4. The van der Waals surface area contributed by atoms with Crippen molar-refractivity contribution >= 4 is 0 Å². The second-order valence-electron chi connectivity index (χ2n) is 1.31. The van der Waals surface area contributed by atoms with Crippen molar-refractivity contribution in [2.24, 2.45) is 0 Å². The third-order valence-corrected chi connectivity index (χ3v) is 0.580. The van der Waals surface area contributed by atoms with Gasteiger partial charge in [0.1, 0.15) is 0 Å². The van der Waals surface area contributed by atoms with Crippen molar-refractivity contribution in [3.8, 4) is 0 Å². The van der Waals surface area contributed by atoms with Crippen LogP contribution in [0.2, 0.25) is 0 Å². The van der Waals surface area contributed by atoms with Crippen LogP contribution < -0.4 is 0 Å². The van der Waals surface area contributed by atoms with Gasteiger partial charge in [-0.05, 0) is 0 Å². The van der Waals surface area contributed by atoms with E-state index in [4.69, 9.17) is 0 Å². The maximum absolute atomic E-state index is 11.2. The SMILES string of the molecule is FC(F)CCOC(F)F. The predicted octanol–water partition coefficient (Wildman–Crippen LogP) is 1.88. The fourth-order valence-electron chi connectivity index (χ4n) is 0.246. The molecule has 5 heteroatoms. The number of alkyl halides is 4. The van der Waals surface area contributed by atoms with Crippen molar-refractivity contribution < 1.29 is 22.3 Å². The molecule has 0 aromatic rings. The van der Waals surface area contributed by atoms with Gasteiger partial charge in [-0.25, -0.2) is 8.78 Å². The van der Waals surface area contributed by atoms with Crippen LogP contribution in [0.15, 0.2) is 0 Å². The highest BCUT2D eigenvalue weighted by molar-refractivity contribution is 4.36. The molecular weight excluding hydrogens is 140 g/mol. The quantitative estimate of drug-likeness (QED) is 0.550. The lowest BCUT2D eigenvalue weighted by molar-refractivity contribution is -0.134. The molecule has 0 heterocycles. The zero-order chi connectivity index (χ0) is 7.28. The van der Waals surface area contributed by atoms with E-state index >= 15 is 0 Å². The van der Waals surface area contributed by atoms with Crippen LogP contribution >= 0.6 is 0 Å². The molecule has 0 rings (SSSR count). The zero-order valence-corrected chi connectivity index (χ0v) is 4.49. The highest BCUT2D eigenvalue weighted by Gasteiger charge is 2.05. The van der Waals surface area contributed by atoms with Gasteiger partial charge >= 0.3 is 6.61 Å². The molecule has 9 heavy (non-hydrogen) atoms. The minimum Gasteiger partial charge on any atom is -0.323 e. The highest BCUT2D eigenvalue weighted by Crippen LogP contribution is 2.01. The largest absolute Gasteiger partial charge is 0.345 e. The molecule has 0 bridgehead atoms. The monoisotopic (exact) mass is 146 g/mol. The van der Waals surface area contributed by atoms with E-state index in [-0.39, 0.29) is 0 Å². The molecule has 0 radical (unpaired) electrons. The summed E-state index contributed by atoms with van der Waals surface area (Å²) in [7, 11) is 0. The molecule has 0 amide bonds. The Morgan fingerprint density at radius 3 is 2.00 bits per heavy atom. The van der Waals surface area contributed by atoms with Gasteiger partial charge < -0.3 is 4.74 Å². The lowest BCUT2D eigenvalue weighted by Gasteiger charge is -1.99. The van der Waals surface area contributed by atoms with E-state index in [0.29, 0.717) is 0 Å². The third-order valence-electron chi connectivity index (χ3n) is 0.580. The maximum atomic E-state index is 11.2. The first-order valence-electron chi connectivity index (χ1n) is 2.31. The second kappa shape index (κ2) is 4.55. The van der Waals surface area contributed by atoms with Crippen LogP contribution in [0, 0.1) is 0 Å². The van der Waals surface area contributed by atoms with E-state index in [1.54, 1.807) is 0 Å². The lowest BCUT2D eigenvalue weighted by atomic mass is 10.5. The molecule has 0 fully saturated rings. The molecule has 0 unspecified atom stereocenters. The van der Waals surface area contributed by atoms with Crippen LogP contribution in [-0.4, -0.2) is 19.6 Å². The molecule has 0 aromatic heterocycles. The highest BCUT2D eigenvalue weighted by atomic mass is 19.3. The van der Waals surface area contributed by atoms with Gasteiger partial charge in [-0.1, -0.05) is 0 Å². The van der Waals surface area contributed by atoms with E-state index in [1.165, 1.54) is 0 Å². The van der Waals surface area contributed by atoms with Crippen LogP contribution in [-0.2, 0) is 4.74 Å². The summed E-state index contributed by atoms with van der Waals surface area (Å²) in [4.78, 5) is 0. The van der Waals surface area contributed by atoms with Crippen molar-refractivity contribution in [1.29, 1.82) is 0 Å². The zero-order valence-electron chi connectivity index (χ0n) is 4.49. The van der Waals surface area contributed by atoms with Gasteiger partial charge in [-0.2, -0.15) is 8.78 Å². The number of hydrogen-bond donors (Lipinski definition) is 0. The van der Waals surface area contributed by atoms with Crippen molar-refractivity contribution in [2.75, 3.05) is 6.61 Å². The van der Waals surface area contributed by atoms with Crippen LogP contribution in [0.1, 0.15) is 6.42 Å². The van der Waals surface area contributed by atoms with Crippen molar-refractivity contribution in [3.05, 3.63) is 0 Å². The third kappa shape index (κ3) is 7.68. The Kier molecular flexibility index (Phi) is 4.39. The van der Waals surface area contributed by atoms with Gasteiger partial charge in [0.25, 0.3) is 0 Å². The Hall–Kier alpha value is -0.320. The van der Waals surface area contributed by atoms with Crippen molar-refractivity contribution in [3.63, 3.8) is 0 Å². The fraction of sp³-hybridized carbons (Fsp3) is 1.00. The van der Waals surface area contributed by atoms with E-state index in [2.05, 4.69) is 4.74 Å². The molecular formula is C4H6F4O. The molecule has 0 N–H and O–H groups in total. The summed E-state index contributed by atoms with van der Waals surface area (Å²) in [6.45, 7) is -3.53. The maximum Gasteiger partial charge on any atom is 0.345 e. The first kappa shape index (κ1) is 8.68. The molecule has 0 spiro atoms. The summed E-state index contributed by atoms with van der Waals surface area (Å²) < 4.78 is 47.9. The summed E-state index contributed by atoms with van der Waals surface area (Å²) in [5, 5.41) is 0. The number of ether oxygens (including phenoxy) is 1. The van der Waals surface area contributed by atoms with Crippen LogP contribution in [0.4, 0.5) is 17.6 Å². The molecule has 0 saturated carbocycles. The van der Waals surface area contributed by atoms with Crippen LogP contribution in [0.5, 0.6) is 0 Å². The summed E-state index contributed by atoms with van der Waals surface area (Å²) >= 11 is 0. The molecule has 0 aliphatic heterocycles. The van der Waals surface area contributed by atoms with Gasteiger partial charge in [0.05, 0.1) is 6.61 Å². The average Bonchev–Trinajstić information content (AvgIpc) is 1.63. The summed E-state index contributed by atoms with van der Waals surface area (Å²) in [5.41, 5.74) is 0. The Morgan fingerprint density at radius 2 is 1.67 bits per heavy atom. The molecule has 56 valence electrons. The standard InChI is InChI=1S/C4H6F4O/c5-3(6)1-2-9-4(7)8/h3-4H,1-2H2. The van der Waals surface area contributed by atoms with Crippen LogP contribution in [0.25, 0.3) is 0 Å². The van der Waals surface area contributed by atoms with E-state index in [0.717, 1.165) is 0 Å².